The molecule has 0 saturated carbocycles. The lowest BCUT2D eigenvalue weighted by molar-refractivity contribution is 0.151. The Bertz CT molecular complexity index is 620. The maximum atomic E-state index is 4.60. The zero-order valence-electron chi connectivity index (χ0n) is 13.2. The van der Waals surface area contributed by atoms with Gasteiger partial charge in [-0.1, -0.05) is 0 Å². The molecule has 0 bridgehead atoms. The predicted octanol–water partition coefficient (Wildman–Crippen LogP) is 1.93. The van der Waals surface area contributed by atoms with Crippen molar-refractivity contribution in [2.75, 3.05) is 45.1 Å². The average Bonchev–Trinajstić information content (AvgIpc) is 2.88. The SMILES string of the molecule is CC(CCN1CCN(C)CC1)Nc1ccn2ncc(Br)c2n1. The molecule has 6 nitrogen and oxygen atoms in total. The molecule has 1 fully saturated rings. The Morgan fingerprint density at radius 2 is 2.09 bits per heavy atom. The molecule has 3 heterocycles. The summed E-state index contributed by atoms with van der Waals surface area (Å²) in [6.45, 7) is 8.06. The van der Waals surface area contributed by atoms with E-state index in [9.17, 15) is 0 Å². The Labute approximate surface area is 139 Å². The van der Waals surface area contributed by atoms with Gasteiger partial charge >= 0.3 is 0 Å². The van der Waals surface area contributed by atoms with Gasteiger partial charge in [-0.25, -0.2) is 9.50 Å². The second kappa shape index (κ2) is 6.93. The number of nitrogens with zero attached hydrogens (tertiary/aromatic N) is 5. The number of hydrogen-bond donors (Lipinski definition) is 1. The van der Waals surface area contributed by atoms with Crippen LogP contribution in [-0.2, 0) is 0 Å². The first kappa shape index (κ1) is 15.7. The molecule has 22 heavy (non-hydrogen) atoms. The summed E-state index contributed by atoms with van der Waals surface area (Å²) in [4.78, 5) is 9.54. The van der Waals surface area contributed by atoms with Gasteiger partial charge in [0.05, 0.1) is 10.7 Å². The minimum atomic E-state index is 0.399. The first-order chi connectivity index (χ1) is 10.6. The first-order valence-electron chi connectivity index (χ1n) is 7.79. The second-order valence-corrected chi connectivity index (χ2v) is 6.91. The number of aromatic nitrogens is 3. The van der Waals surface area contributed by atoms with Crippen LogP contribution in [0, 0.1) is 0 Å². The molecule has 7 heteroatoms. The summed E-state index contributed by atoms with van der Waals surface area (Å²) >= 11 is 3.47. The Morgan fingerprint density at radius 3 is 2.86 bits per heavy atom. The molecule has 0 amide bonds. The van der Waals surface area contributed by atoms with Crippen molar-refractivity contribution >= 4 is 27.4 Å². The minimum Gasteiger partial charge on any atom is -0.367 e. The minimum absolute atomic E-state index is 0.399. The standard InChI is InChI=1S/C15H23BrN6/c1-12(3-5-21-9-7-20(2)8-10-21)18-14-4-6-22-15(19-14)13(16)11-17-22/h4,6,11-12H,3,5,7-10H2,1-2H3,(H,18,19). The number of fused-ring (bicyclic) bond motifs is 1. The van der Waals surface area contributed by atoms with Crippen LogP contribution in [-0.4, -0.2) is 70.2 Å². The van der Waals surface area contributed by atoms with Crippen LogP contribution in [0.1, 0.15) is 13.3 Å². The zero-order chi connectivity index (χ0) is 15.5. The number of hydrogen-bond acceptors (Lipinski definition) is 5. The van der Waals surface area contributed by atoms with E-state index in [0.29, 0.717) is 6.04 Å². The third-order valence-electron chi connectivity index (χ3n) is 4.19. The van der Waals surface area contributed by atoms with Crippen LogP contribution in [0.2, 0.25) is 0 Å². The van der Waals surface area contributed by atoms with Gasteiger partial charge in [-0.05, 0) is 42.4 Å². The third-order valence-corrected chi connectivity index (χ3v) is 4.75. The molecule has 120 valence electrons. The summed E-state index contributed by atoms with van der Waals surface area (Å²) in [6, 6.07) is 2.37. The smallest absolute Gasteiger partial charge is 0.171 e. The lowest BCUT2D eigenvalue weighted by Crippen LogP contribution is -2.45. The molecule has 1 unspecified atom stereocenters. The van der Waals surface area contributed by atoms with Crippen molar-refractivity contribution in [1.82, 2.24) is 24.4 Å². The molecule has 0 aliphatic carbocycles. The van der Waals surface area contributed by atoms with E-state index in [0.717, 1.165) is 28.9 Å². The summed E-state index contributed by atoms with van der Waals surface area (Å²) in [6.07, 6.45) is 4.82. The van der Waals surface area contributed by atoms with E-state index in [1.54, 1.807) is 10.7 Å². The van der Waals surface area contributed by atoms with E-state index >= 15 is 0 Å². The summed E-state index contributed by atoms with van der Waals surface area (Å²) in [5.41, 5.74) is 0.844. The van der Waals surface area contributed by atoms with Crippen LogP contribution < -0.4 is 5.32 Å². The van der Waals surface area contributed by atoms with Crippen LogP contribution in [0.3, 0.4) is 0 Å². The first-order valence-corrected chi connectivity index (χ1v) is 8.58. The highest BCUT2D eigenvalue weighted by Crippen LogP contribution is 2.17. The number of rotatable bonds is 5. The summed E-state index contributed by atoms with van der Waals surface area (Å²) in [5, 5.41) is 7.70. The molecular formula is C15H23BrN6. The van der Waals surface area contributed by atoms with Crippen molar-refractivity contribution in [2.24, 2.45) is 0 Å². The Hall–Kier alpha value is -1.18. The van der Waals surface area contributed by atoms with Crippen molar-refractivity contribution in [1.29, 1.82) is 0 Å². The van der Waals surface area contributed by atoms with E-state index in [4.69, 9.17) is 0 Å². The van der Waals surface area contributed by atoms with Gasteiger partial charge < -0.3 is 15.1 Å². The number of piperazine rings is 1. The van der Waals surface area contributed by atoms with Gasteiger partial charge in [0, 0.05) is 45.0 Å². The summed E-state index contributed by atoms with van der Waals surface area (Å²) < 4.78 is 2.69. The highest BCUT2D eigenvalue weighted by Gasteiger charge is 2.14. The van der Waals surface area contributed by atoms with E-state index in [1.165, 1.54) is 26.2 Å². The fraction of sp³-hybridized carbons (Fsp3) is 0.600. The molecule has 1 atom stereocenters. The molecule has 2 aromatic heterocycles. The second-order valence-electron chi connectivity index (χ2n) is 6.05. The van der Waals surface area contributed by atoms with Crippen LogP contribution in [0.15, 0.2) is 22.9 Å². The van der Waals surface area contributed by atoms with Gasteiger partial charge in [0.25, 0.3) is 0 Å². The summed E-state index contributed by atoms with van der Waals surface area (Å²) in [5.74, 6) is 0.902. The largest absolute Gasteiger partial charge is 0.367 e. The maximum Gasteiger partial charge on any atom is 0.171 e. The summed E-state index contributed by atoms with van der Waals surface area (Å²) in [7, 11) is 2.19. The van der Waals surface area contributed by atoms with E-state index in [2.05, 4.69) is 55.1 Å². The van der Waals surface area contributed by atoms with E-state index < -0.39 is 0 Å². The van der Waals surface area contributed by atoms with Crippen LogP contribution in [0.5, 0.6) is 0 Å². The normalized spacial score (nSPS) is 18.7. The van der Waals surface area contributed by atoms with Crippen LogP contribution >= 0.6 is 15.9 Å². The van der Waals surface area contributed by atoms with Gasteiger partial charge in [0.2, 0.25) is 0 Å². The highest BCUT2D eigenvalue weighted by atomic mass is 79.9. The number of nitrogens with one attached hydrogen (secondary N) is 1. The molecule has 1 N–H and O–H groups in total. The molecular weight excluding hydrogens is 344 g/mol. The number of anilines is 1. The van der Waals surface area contributed by atoms with Gasteiger partial charge in [-0.2, -0.15) is 5.10 Å². The molecule has 3 rings (SSSR count). The fourth-order valence-electron chi connectivity index (χ4n) is 2.69. The Balaban J connectivity index is 1.52. The van der Waals surface area contributed by atoms with Gasteiger partial charge in [-0.15, -0.1) is 0 Å². The van der Waals surface area contributed by atoms with Crippen molar-refractivity contribution in [3.63, 3.8) is 0 Å². The predicted molar refractivity (Wildman–Crippen MR) is 92.3 cm³/mol. The molecule has 2 aromatic rings. The Kier molecular flexibility index (Phi) is 4.95. The van der Waals surface area contributed by atoms with Crippen molar-refractivity contribution in [3.8, 4) is 0 Å². The van der Waals surface area contributed by atoms with Gasteiger partial charge in [0.15, 0.2) is 5.65 Å². The molecule has 0 spiro atoms. The van der Waals surface area contributed by atoms with Crippen LogP contribution in [0.4, 0.5) is 5.82 Å². The zero-order valence-corrected chi connectivity index (χ0v) is 14.8. The molecule has 1 aliphatic heterocycles. The van der Waals surface area contributed by atoms with E-state index in [-0.39, 0.29) is 0 Å². The molecule has 1 aliphatic rings. The van der Waals surface area contributed by atoms with Crippen molar-refractivity contribution in [3.05, 3.63) is 22.9 Å². The quantitative estimate of drug-likeness (QED) is 0.875. The lowest BCUT2D eigenvalue weighted by Gasteiger charge is -2.33. The van der Waals surface area contributed by atoms with Crippen molar-refractivity contribution in [2.45, 2.75) is 19.4 Å². The Morgan fingerprint density at radius 1 is 1.32 bits per heavy atom. The topological polar surface area (TPSA) is 48.7 Å². The van der Waals surface area contributed by atoms with Crippen molar-refractivity contribution < 1.29 is 0 Å². The fourth-order valence-corrected chi connectivity index (χ4v) is 3.06. The molecule has 0 radical (unpaired) electrons. The van der Waals surface area contributed by atoms with E-state index in [1.807, 2.05) is 12.3 Å². The molecule has 1 saturated heterocycles. The lowest BCUT2D eigenvalue weighted by atomic mass is 10.2. The van der Waals surface area contributed by atoms with Gasteiger partial charge in [-0.3, -0.25) is 0 Å². The number of likely N-dealkylation sites (N-methyl/N-ethyl adjacent to an activating group) is 1. The maximum absolute atomic E-state index is 4.60. The number of halogens is 1. The molecule has 0 aromatic carbocycles. The highest BCUT2D eigenvalue weighted by molar-refractivity contribution is 9.10. The monoisotopic (exact) mass is 366 g/mol. The average molecular weight is 367 g/mol. The van der Waals surface area contributed by atoms with Crippen LogP contribution in [0.25, 0.3) is 5.65 Å². The van der Waals surface area contributed by atoms with Gasteiger partial charge in [0.1, 0.15) is 5.82 Å². The third kappa shape index (κ3) is 3.77.